The zero-order valence-electron chi connectivity index (χ0n) is 6.16. The van der Waals surface area contributed by atoms with Crippen molar-refractivity contribution >= 4 is 23.4 Å². The maximum Gasteiger partial charge on any atom is 0.0278 e. The van der Waals surface area contributed by atoms with Crippen LogP contribution in [-0.2, 0) is 0 Å². The molecule has 0 fully saturated rings. The summed E-state index contributed by atoms with van der Waals surface area (Å²) in [4.78, 5) is 5.20. The second kappa shape index (κ2) is 5.44. The van der Waals surface area contributed by atoms with E-state index < -0.39 is 0 Å². The topological polar surface area (TPSA) is 12.9 Å². The second-order valence-electron chi connectivity index (χ2n) is 2.07. The third-order valence-electron chi connectivity index (χ3n) is 1.20. The molecule has 0 bridgehead atoms. The van der Waals surface area contributed by atoms with Gasteiger partial charge in [-0.3, -0.25) is 4.98 Å². The summed E-state index contributed by atoms with van der Waals surface area (Å²) in [6.45, 7) is 0. The first kappa shape index (κ1) is 8.88. The van der Waals surface area contributed by atoms with E-state index in [1.165, 1.54) is 4.90 Å². The first-order valence-corrected chi connectivity index (χ1v) is 5.04. The van der Waals surface area contributed by atoms with Gasteiger partial charge in [0.1, 0.15) is 0 Å². The molecule has 1 rings (SSSR count). The molecule has 1 aromatic rings. The average Bonchev–Trinajstić information content (AvgIpc) is 2.07. The molecule has 0 spiro atoms. The standard InChI is InChI=1S/C8H10ClNS/c9-4-1-7-11-8-2-5-10-6-3-8/h2-3,5-6H,1,4,7H2. The van der Waals surface area contributed by atoms with Crippen LogP contribution >= 0.6 is 23.4 Å². The number of thioether (sulfide) groups is 1. The molecule has 60 valence electrons. The summed E-state index contributed by atoms with van der Waals surface area (Å²) in [5.74, 6) is 1.84. The highest BCUT2D eigenvalue weighted by molar-refractivity contribution is 7.99. The number of halogens is 1. The van der Waals surface area contributed by atoms with Crippen LogP contribution in [0.5, 0.6) is 0 Å². The van der Waals surface area contributed by atoms with Crippen molar-refractivity contribution in [3.05, 3.63) is 24.5 Å². The molecule has 0 atom stereocenters. The molecule has 0 aliphatic carbocycles. The zero-order valence-corrected chi connectivity index (χ0v) is 7.74. The van der Waals surface area contributed by atoms with Gasteiger partial charge in [-0.25, -0.2) is 0 Å². The number of alkyl halides is 1. The smallest absolute Gasteiger partial charge is 0.0278 e. The Balaban J connectivity index is 2.28. The highest BCUT2D eigenvalue weighted by Gasteiger charge is 1.90. The van der Waals surface area contributed by atoms with E-state index in [0.717, 1.165) is 18.1 Å². The van der Waals surface area contributed by atoms with Crippen LogP contribution in [0.1, 0.15) is 6.42 Å². The molecular weight excluding hydrogens is 178 g/mol. The minimum atomic E-state index is 0.748. The molecule has 0 radical (unpaired) electrons. The first-order chi connectivity index (χ1) is 5.43. The highest BCUT2D eigenvalue weighted by atomic mass is 35.5. The maximum absolute atomic E-state index is 5.54. The van der Waals surface area contributed by atoms with Gasteiger partial charge in [0.25, 0.3) is 0 Å². The van der Waals surface area contributed by atoms with Crippen molar-refractivity contribution in [2.24, 2.45) is 0 Å². The van der Waals surface area contributed by atoms with Crippen LogP contribution in [-0.4, -0.2) is 16.6 Å². The third kappa shape index (κ3) is 3.63. The summed E-state index contributed by atoms with van der Waals surface area (Å²) >= 11 is 7.36. The number of nitrogens with zero attached hydrogens (tertiary/aromatic N) is 1. The number of pyridine rings is 1. The normalized spacial score (nSPS) is 9.91. The predicted molar refractivity (Wildman–Crippen MR) is 50.3 cm³/mol. The van der Waals surface area contributed by atoms with E-state index in [0.29, 0.717) is 0 Å². The van der Waals surface area contributed by atoms with Gasteiger partial charge in [-0.2, -0.15) is 0 Å². The van der Waals surface area contributed by atoms with Crippen LogP contribution < -0.4 is 0 Å². The molecule has 0 aromatic carbocycles. The van der Waals surface area contributed by atoms with E-state index in [9.17, 15) is 0 Å². The summed E-state index contributed by atoms with van der Waals surface area (Å²) in [5, 5.41) is 0. The molecule has 3 heteroatoms. The number of hydrogen-bond acceptors (Lipinski definition) is 2. The fraction of sp³-hybridized carbons (Fsp3) is 0.375. The molecule has 0 aliphatic rings. The Labute approximate surface area is 76.2 Å². The fourth-order valence-electron chi connectivity index (χ4n) is 0.679. The summed E-state index contributed by atoms with van der Waals surface area (Å²) in [5.41, 5.74) is 0. The Morgan fingerprint density at radius 2 is 2.09 bits per heavy atom. The number of rotatable bonds is 4. The van der Waals surface area contributed by atoms with Gasteiger partial charge in [0.05, 0.1) is 0 Å². The summed E-state index contributed by atoms with van der Waals surface area (Å²) in [6, 6.07) is 4.03. The van der Waals surface area contributed by atoms with Crippen LogP contribution in [0.25, 0.3) is 0 Å². The van der Waals surface area contributed by atoms with Crippen molar-refractivity contribution in [3.63, 3.8) is 0 Å². The molecule has 0 saturated carbocycles. The third-order valence-corrected chi connectivity index (χ3v) is 2.56. The molecule has 1 heterocycles. The summed E-state index contributed by atoms with van der Waals surface area (Å²) < 4.78 is 0. The van der Waals surface area contributed by atoms with Crippen LogP contribution in [0.3, 0.4) is 0 Å². The average molecular weight is 188 g/mol. The Bertz CT molecular complexity index is 191. The second-order valence-corrected chi connectivity index (χ2v) is 3.62. The molecule has 0 amide bonds. The summed E-state index contributed by atoms with van der Waals surface area (Å²) in [6.07, 6.45) is 4.68. The quantitative estimate of drug-likeness (QED) is 0.409. The predicted octanol–water partition coefficient (Wildman–Crippen LogP) is 2.80. The van der Waals surface area contributed by atoms with Crippen molar-refractivity contribution in [1.82, 2.24) is 4.98 Å². The lowest BCUT2D eigenvalue weighted by Crippen LogP contribution is -1.80. The first-order valence-electron chi connectivity index (χ1n) is 3.52. The Kier molecular flexibility index (Phi) is 4.39. The minimum absolute atomic E-state index is 0.748. The van der Waals surface area contributed by atoms with Gasteiger partial charge in [0.2, 0.25) is 0 Å². The van der Waals surface area contributed by atoms with Gasteiger partial charge in [-0.15, -0.1) is 23.4 Å². The highest BCUT2D eigenvalue weighted by Crippen LogP contribution is 2.16. The van der Waals surface area contributed by atoms with Gasteiger partial charge < -0.3 is 0 Å². The lowest BCUT2D eigenvalue weighted by atomic mass is 10.5. The van der Waals surface area contributed by atoms with Crippen molar-refractivity contribution in [1.29, 1.82) is 0 Å². The van der Waals surface area contributed by atoms with Crippen LogP contribution in [0.4, 0.5) is 0 Å². The lowest BCUT2D eigenvalue weighted by Gasteiger charge is -1.97. The van der Waals surface area contributed by atoms with E-state index in [2.05, 4.69) is 4.98 Å². The van der Waals surface area contributed by atoms with Gasteiger partial charge in [-0.1, -0.05) is 0 Å². The van der Waals surface area contributed by atoms with Crippen molar-refractivity contribution < 1.29 is 0 Å². The number of hydrogen-bond donors (Lipinski definition) is 0. The molecule has 1 aromatic heterocycles. The Morgan fingerprint density at radius 1 is 1.36 bits per heavy atom. The molecule has 1 nitrogen and oxygen atoms in total. The minimum Gasteiger partial charge on any atom is -0.265 e. The monoisotopic (exact) mass is 187 g/mol. The van der Waals surface area contributed by atoms with Crippen LogP contribution in [0.15, 0.2) is 29.4 Å². The van der Waals surface area contributed by atoms with Gasteiger partial charge in [0, 0.05) is 23.2 Å². The molecular formula is C8H10ClNS. The van der Waals surface area contributed by atoms with Gasteiger partial charge in [-0.05, 0) is 24.3 Å². The van der Waals surface area contributed by atoms with Gasteiger partial charge in [0.15, 0.2) is 0 Å². The van der Waals surface area contributed by atoms with Crippen molar-refractivity contribution in [2.75, 3.05) is 11.6 Å². The van der Waals surface area contributed by atoms with Crippen LogP contribution in [0, 0.1) is 0 Å². The molecule has 0 aliphatic heterocycles. The van der Waals surface area contributed by atoms with E-state index in [1.54, 1.807) is 0 Å². The Hall–Kier alpha value is -0.210. The zero-order chi connectivity index (χ0) is 7.94. The largest absolute Gasteiger partial charge is 0.265 e. The van der Waals surface area contributed by atoms with Crippen molar-refractivity contribution in [2.45, 2.75) is 11.3 Å². The molecule has 11 heavy (non-hydrogen) atoms. The molecule has 0 unspecified atom stereocenters. The van der Waals surface area contributed by atoms with Crippen LogP contribution in [0.2, 0.25) is 0 Å². The van der Waals surface area contributed by atoms with E-state index in [1.807, 2.05) is 36.3 Å². The Morgan fingerprint density at radius 3 is 2.73 bits per heavy atom. The lowest BCUT2D eigenvalue weighted by molar-refractivity contribution is 1.11. The van der Waals surface area contributed by atoms with E-state index >= 15 is 0 Å². The maximum atomic E-state index is 5.54. The number of aromatic nitrogens is 1. The molecule has 0 N–H and O–H groups in total. The van der Waals surface area contributed by atoms with E-state index in [4.69, 9.17) is 11.6 Å². The van der Waals surface area contributed by atoms with Crippen molar-refractivity contribution in [3.8, 4) is 0 Å². The van der Waals surface area contributed by atoms with Gasteiger partial charge >= 0.3 is 0 Å². The molecule has 0 saturated heterocycles. The fourth-order valence-corrected chi connectivity index (χ4v) is 1.81. The SMILES string of the molecule is ClCCCSc1ccncc1. The summed E-state index contributed by atoms with van der Waals surface area (Å²) in [7, 11) is 0. The van der Waals surface area contributed by atoms with E-state index in [-0.39, 0.29) is 0 Å².